The van der Waals surface area contributed by atoms with Crippen LogP contribution in [0.3, 0.4) is 0 Å². The number of rotatable bonds is 2. The van der Waals surface area contributed by atoms with Crippen molar-refractivity contribution in [3.05, 3.63) is 60.2 Å². The summed E-state index contributed by atoms with van der Waals surface area (Å²) in [6.45, 7) is 0. The van der Waals surface area contributed by atoms with E-state index in [-0.39, 0.29) is 0 Å². The molecule has 0 aliphatic heterocycles. The van der Waals surface area contributed by atoms with Crippen molar-refractivity contribution in [3.63, 3.8) is 0 Å². The minimum absolute atomic E-state index is 0.349. The van der Waals surface area contributed by atoms with E-state index in [0.717, 1.165) is 12.1 Å². The Hall–Kier alpha value is -1.90. The lowest BCUT2D eigenvalue weighted by Gasteiger charge is -2.06. The van der Waals surface area contributed by atoms with Crippen LogP contribution in [0.4, 0.5) is 8.78 Å². The molecule has 0 N–H and O–H groups in total. The van der Waals surface area contributed by atoms with Crippen LogP contribution >= 0.6 is 0 Å². The Morgan fingerprint density at radius 2 is 1.73 bits per heavy atom. The van der Waals surface area contributed by atoms with E-state index in [4.69, 9.17) is 4.74 Å². The summed E-state index contributed by atoms with van der Waals surface area (Å²) in [6, 6.07) is 12.8. The first-order valence-electron chi connectivity index (χ1n) is 4.35. The van der Waals surface area contributed by atoms with Crippen molar-refractivity contribution in [2.75, 3.05) is 0 Å². The van der Waals surface area contributed by atoms with Crippen LogP contribution in [-0.4, -0.2) is 0 Å². The van der Waals surface area contributed by atoms with Crippen LogP contribution in [0.15, 0.2) is 42.5 Å². The highest BCUT2D eigenvalue weighted by atomic mass is 19.1. The van der Waals surface area contributed by atoms with Crippen molar-refractivity contribution >= 4 is 0 Å². The van der Waals surface area contributed by atoms with Gasteiger partial charge in [-0.15, -0.1) is 0 Å². The third kappa shape index (κ3) is 2.13. The van der Waals surface area contributed by atoms with E-state index >= 15 is 0 Å². The summed E-state index contributed by atoms with van der Waals surface area (Å²) in [5.41, 5.74) is 0. The summed E-state index contributed by atoms with van der Waals surface area (Å²) >= 11 is 0. The van der Waals surface area contributed by atoms with Gasteiger partial charge in [-0.3, -0.25) is 0 Å². The third-order valence-corrected chi connectivity index (χ3v) is 1.82. The number of benzene rings is 2. The first-order valence-corrected chi connectivity index (χ1v) is 4.35. The molecule has 2 aromatic rings. The maximum Gasteiger partial charge on any atom is 0.198 e. The molecule has 0 amide bonds. The molecule has 1 nitrogen and oxygen atoms in total. The van der Waals surface area contributed by atoms with Gasteiger partial charge in [0.1, 0.15) is 5.75 Å². The molecule has 75 valence electrons. The van der Waals surface area contributed by atoms with Crippen molar-refractivity contribution in [1.82, 2.24) is 0 Å². The molecule has 0 bridgehead atoms. The van der Waals surface area contributed by atoms with Crippen LogP contribution in [0.25, 0.3) is 0 Å². The lowest BCUT2D eigenvalue weighted by Crippen LogP contribution is -1.91. The zero-order chi connectivity index (χ0) is 10.7. The Morgan fingerprint density at radius 1 is 1.00 bits per heavy atom. The van der Waals surface area contributed by atoms with Crippen molar-refractivity contribution < 1.29 is 13.5 Å². The predicted molar refractivity (Wildman–Crippen MR) is 51.7 cm³/mol. The van der Waals surface area contributed by atoms with E-state index in [9.17, 15) is 8.78 Å². The molecular formula is C12H7F2O. The second kappa shape index (κ2) is 4.09. The molecule has 1 radical (unpaired) electrons. The van der Waals surface area contributed by atoms with E-state index < -0.39 is 17.4 Å². The molecule has 0 spiro atoms. The fourth-order valence-electron chi connectivity index (χ4n) is 1.14. The predicted octanol–water partition coefficient (Wildman–Crippen LogP) is 3.56. The van der Waals surface area contributed by atoms with Gasteiger partial charge in [0.25, 0.3) is 0 Å². The van der Waals surface area contributed by atoms with Crippen LogP contribution in [0.1, 0.15) is 0 Å². The number of halogens is 2. The lowest BCUT2D eigenvalue weighted by molar-refractivity contribution is 0.407. The number of hydrogen-bond acceptors (Lipinski definition) is 1. The number of hydrogen-bond donors (Lipinski definition) is 0. The first kappa shape index (κ1) is 9.65. The van der Waals surface area contributed by atoms with Crippen molar-refractivity contribution in [3.8, 4) is 11.5 Å². The van der Waals surface area contributed by atoms with Crippen LogP contribution in [0.5, 0.6) is 11.5 Å². The molecule has 0 saturated heterocycles. The second-order valence-corrected chi connectivity index (χ2v) is 2.89. The van der Waals surface area contributed by atoms with Gasteiger partial charge in [0.15, 0.2) is 17.4 Å². The minimum Gasteiger partial charge on any atom is -0.451 e. The summed E-state index contributed by atoms with van der Waals surface area (Å²) in [7, 11) is 0. The molecule has 3 heteroatoms. The van der Waals surface area contributed by atoms with Crippen LogP contribution in [0, 0.1) is 17.7 Å². The second-order valence-electron chi connectivity index (χ2n) is 2.89. The quantitative estimate of drug-likeness (QED) is 0.728. The largest absolute Gasteiger partial charge is 0.451 e. The van der Waals surface area contributed by atoms with E-state index in [2.05, 4.69) is 6.07 Å². The molecule has 0 atom stereocenters. The molecule has 0 aliphatic rings. The van der Waals surface area contributed by atoms with Gasteiger partial charge in [0, 0.05) is 0 Å². The molecule has 0 aliphatic carbocycles. The molecule has 0 aromatic heterocycles. The molecular weight excluding hydrogens is 198 g/mol. The van der Waals surface area contributed by atoms with Gasteiger partial charge in [0.2, 0.25) is 0 Å². The molecule has 15 heavy (non-hydrogen) atoms. The van der Waals surface area contributed by atoms with Gasteiger partial charge in [-0.05, 0) is 30.3 Å². The van der Waals surface area contributed by atoms with Gasteiger partial charge in [-0.2, -0.15) is 0 Å². The van der Waals surface area contributed by atoms with Gasteiger partial charge >= 0.3 is 0 Å². The Bertz CT molecular complexity index is 434. The van der Waals surface area contributed by atoms with Crippen LogP contribution < -0.4 is 4.74 Å². The summed E-state index contributed by atoms with van der Waals surface area (Å²) in [4.78, 5) is 0. The molecule has 0 saturated carbocycles. The fourth-order valence-corrected chi connectivity index (χ4v) is 1.14. The SMILES string of the molecule is Fc1cccc(F)c1Oc1c[c]ccc1. The highest BCUT2D eigenvalue weighted by molar-refractivity contribution is 5.32. The Labute approximate surface area is 85.9 Å². The summed E-state index contributed by atoms with van der Waals surface area (Å²) < 4.78 is 31.4. The van der Waals surface area contributed by atoms with E-state index in [1.54, 1.807) is 18.2 Å². The Morgan fingerprint density at radius 3 is 2.33 bits per heavy atom. The monoisotopic (exact) mass is 205 g/mol. The topological polar surface area (TPSA) is 9.23 Å². The standard InChI is InChI=1S/C12H7F2O/c13-10-7-4-8-11(14)12(10)15-9-5-2-1-3-6-9/h1-2,4-8H. The fraction of sp³-hybridized carbons (Fsp3) is 0. The van der Waals surface area contributed by atoms with Gasteiger partial charge in [-0.25, -0.2) is 8.78 Å². The van der Waals surface area contributed by atoms with Gasteiger partial charge < -0.3 is 4.74 Å². The smallest absolute Gasteiger partial charge is 0.198 e. The summed E-state index contributed by atoms with van der Waals surface area (Å²) in [5, 5.41) is 0. The van der Waals surface area contributed by atoms with Gasteiger partial charge in [0.05, 0.1) is 0 Å². The van der Waals surface area contributed by atoms with Gasteiger partial charge in [-0.1, -0.05) is 18.2 Å². The van der Waals surface area contributed by atoms with E-state index in [0.29, 0.717) is 5.75 Å². The highest BCUT2D eigenvalue weighted by Gasteiger charge is 2.09. The van der Waals surface area contributed by atoms with Crippen molar-refractivity contribution in [1.29, 1.82) is 0 Å². The van der Waals surface area contributed by atoms with Crippen LogP contribution in [-0.2, 0) is 0 Å². The Kier molecular flexibility index (Phi) is 2.63. The zero-order valence-electron chi connectivity index (χ0n) is 7.71. The van der Waals surface area contributed by atoms with Crippen LogP contribution in [0.2, 0.25) is 0 Å². The number of ether oxygens (including phenoxy) is 1. The first-order chi connectivity index (χ1) is 7.27. The molecule has 0 fully saturated rings. The third-order valence-electron chi connectivity index (χ3n) is 1.82. The summed E-state index contributed by atoms with van der Waals surface area (Å²) in [6.07, 6.45) is 0. The molecule has 2 rings (SSSR count). The molecule has 2 aromatic carbocycles. The lowest BCUT2D eigenvalue weighted by atomic mass is 10.3. The summed E-state index contributed by atoms with van der Waals surface area (Å²) in [5.74, 6) is -1.49. The molecule has 0 heterocycles. The van der Waals surface area contributed by atoms with E-state index in [1.165, 1.54) is 12.1 Å². The van der Waals surface area contributed by atoms with Crippen molar-refractivity contribution in [2.45, 2.75) is 0 Å². The van der Waals surface area contributed by atoms with Crippen molar-refractivity contribution in [2.24, 2.45) is 0 Å². The zero-order valence-corrected chi connectivity index (χ0v) is 7.71. The average molecular weight is 205 g/mol. The minimum atomic E-state index is -0.723. The molecule has 0 unspecified atom stereocenters. The maximum atomic E-state index is 13.2. The van der Waals surface area contributed by atoms with E-state index in [1.807, 2.05) is 0 Å². The average Bonchev–Trinajstić information content (AvgIpc) is 2.25. The maximum absolute atomic E-state index is 13.2. The Balaban J connectivity index is 2.32. The normalized spacial score (nSPS) is 10.0. The highest BCUT2D eigenvalue weighted by Crippen LogP contribution is 2.26. The number of para-hydroxylation sites is 1.